The van der Waals surface area contributed by atoms with Gasteiger partial charge in [-0.3, -0.25) is 0 Å². The van der Waals surface area contributed by atoms with Gasteiger partial charge in [-0.2, -0.15) is 0 Å². The van der Waals surface area contributed by atoms with Gasteiger partial charge < -0.3 is 5.32 Å². The highest BCUT2D eigenvalue weighted by Gasteiger charge is 2.32. The zero-order valence-corrected chi connectivity index (χ0v) is 9.55. The van der Waals surface area contributed by atoms with Gasteiger partial charge in [0.15, 0.2) is 9.84 Å². The minimum absolute atomic E-state index is 0.148. The normalized spacial score (nSPS) is 19.8. The molecule has 0 aliphatic carbocycles. The van der Waals surface area contributed by atoms with Gasteiger partial charge in [0.1, 0.15) is 0 Å². The summed E-state index contributed by atoms with van der Waals surface area (Å²) in [5, 5.41) is 3.25. The molecule has 4 heteroatoms. The second-order valence-electron chi connectivity index (χ2n) is 4.08. The van der Waals surface area contributed by atoms with Crippen molar-refractivity contribution in [3.8, 4) is 0 Å². The van der Waals surface area contributed by atoms with Crippen LogP contribution in [0, 0.1) is 6.92 Å². The molecule has 15 heavy (non-hydrogen) atoms. The Labute approximate surface area is 90.4 Å². The first-order chi connectivity index (χ1) is 7.07. The van der Waals surface area contributed by atoms with Crippen LogP contribution in [0.15, 0.2) is 24.3 Å². The molecule has 1 heterocycles. The lowest BCUT2D eigenvalue weighted by molar-refractivity contribution is 0.511. The van der Waals surface area contributed by atoms with Gasteiger partial charge in [0.2, 0.25) is 0 Å². The maximum atomic E-state index is 10.9. The minimum Gasteiger partial charge on any atom is -0.308 e. The minimum atomic E-state index is -2.71. The molecular formula is C11H15NO2S. The third kappa shape index (κ3) is 2.58. The van der Waals surface area contributed by atoms with Crippen LogP contribution in [-0.4, -0.2) is 26.0 Å². The Morgan fingerprint density at radius 3 is 2.60 bits per heavy atom. The van der Waals surface area contributed by atoms with Crippen molar-refractivity contribution in [3.63, 3.8) is 0 Å². The fraction of sp³-hybridized carbons (Fsp3) is 0.455. The zero-order valence-electron chi connectivity index (χ0n) is 8.73. The highest BCUT2D eigenvalue weighted by atomic mass is 32.2. The summed E-state index contributed by atoms with van der Waals surface area (Å²) in [5.41, 5.74) is 2.48. The van der Waals surface area contributed by atoms with Crippen LogP contribution in [0.5, 0.6) is 0 Å². The van der Waals surface area contributed by atoms with Crippen molar-refractivity contribution in [1.29, 1.82) is 0 Å². The number of nitrogens with one attached hydrogen (secondary N) is 1. The van der Waals surface area contributed by atoms with E-state index >= 15 is 0 Å². The van der Waals surface area contributed by atoms with E-state index in [2.05, 4.69) is 24.4 Å². The maximum Gasteiger partial charge on any atom is 0.153 e. The largest absolute Gasteiger partial charge is 0.308 e. The van der Waals surface area contributed by atoms with E-state index in [1.54, 1.807) is 0 Å². The Morgan fingerprint density at radius 1 is 1.33 bits per heavy atom. The third-order valence-electron chi connectivity index (χ3n) is 2.75. The Balaban J connectivity index is 1.87. The Morgan fingerprint density at radius 2 is 2.00 bits per heavy atom. The quantitative estimate of drug-likeness (QED) is 0.830. The van der Waals surface area contributed by atoms with E-state index in [9.17, 15) is 8.42 Å². The summed E-state index contributed by atoms with van der Waals surface area (Å²) in [5.74, 6) is 0.581. The second kappa shape index (κ2) is 3.94. The number of rotatable bonds is 3. The van der Waals surface area contributed by atoms with E-state index in [-0.39, 0.29) is 6.04 Å². The van der Waals surface area contributed by atoms with Crippen molar-refractivity contribution in [2.75, 3.05) is 11.5 Å². The van der Waals surface area contributed by atoms with Crippen LogP contribution in [-0.2, 0) is 16.4 Å². The molecule has 1 fully saturated rings. The fourth-order valence-corrected chi connectivity index (χ4v) is 3.11. The van der Waals surface area contributed by atoms with Crippen LogP contribution in [0.4, 0.5) is 0 Å². The van der Waals surface area contributed by atoms with Crippen LogP contribution in [0.3, 0.4) is 0 Å². The molecular weight excluding hydrogens is 210 g/mol. The topological polar surface area (TPSA) is 46.2 Å². The van der Waals surface area contributed by atoms with Crippen LogP contribution in [0.2, 0.25) is 0 Å². The van der Waals surface area contributed by atoms with Gasteiger partial charge in [0.05, 0.1) is 11.5 Å². The van der Waals surface area contributed by atoms with Crippen molar-refractivity contribution in [3.05, 3.63) is 35.4 Å². The molecule has 0 spiro atoms. The smallest absolute Gasteiger partial charge is 0.153 e. The molecule has 1 N–H and O–H groups in total. The lowest BCUT2D eigenvalue weighted by atomic mass is 10.1. The van der Waals surface area contributed by atoms with E-state index < -0.39 is 9.84 Å². The average molecular weight is 225 g/mol. The molecule has 3 nitrogen and oxygen atoms in total. The molecule has 1 aliphatic rings. The zero-order chi connectivity index (χ0) is 10.9. The van der Waals surface area contributed by atoms with Gasteiger partial charge in [-0.25, -0.2) is 8.42 Å². The molecule has 0 unspecified atom stereocenters. The van der Waals surface area contributed by atoms with Crippen molar-refractivity contribution in [2.24, 2.45) is 0 Å². The Bertz CT molecular complexity index is 441. The monoisotopic (exact) mass is 225 g/mol. The Kier molecular flexibility index (Phi) is 2.80. The van der Waals surface area contributed by atoms with E-state index in [4.69, 9.17) is 0 Å². The Hall–Kier alpha value is -0.870. The standard InChI is InChI=1S/C11H15NO2S/c1-9-4-2-3-5-10(9)6-12-11-7-15(13,14)8-11/h2-5,11-12H,6-8H2,1H3. The van der Waals surface area contributed by atoms with Crippen LogP contribution in [0.1, 0.15) is 11.1 Å². The lowest BCUT2D eigenvalue weighted by Crippen LogP contribution is -2.50. The summed E-state index contributed by atoms with van der Waals surface area (Å²) in [6.07, 6.45) is 0. The predicted octanol–water partition coefficient (Wildman–Crippen LogP) is 0.882. The van der Waals surface area contributed by atoms with E-state index in [1.807, 2.05) is 12.1 Å². The van der Waals surface area contributed by atoms with Gasteiger partial charge in [-0.15, -0.1) is 0 Å². The van der Waals surface area contributed by atoms with Gasteiger partial charge in [0, 0.05) is 12.6 Å². The molecule has 1 aromatic rings. The second-order valence-corrected chi connectivity index (χ2v) is 6.24. The summed E-state index contributed by atoms with van der Waals surface area (Å²) in [7, 11) is -2.71. The average Bonchev–Trinajstić information content (AvgIpc) is 2.13. The molecule has 1 aliphatic heterocycles. The van der Waals surface area contributed by atoms with Gasteiger partial charge in [-0.05, 0) is 18.1 Å². The summed E-state index contributed by atoms with van der Waals surface area (Å²) >= 11 is 0. The predicted molar refractivity (Wildman–Crippen MR) is 60.5 cm³/mol. The van der Waals surface area contributed by atoms with E-state index in [0.717, 1.165) is 6.54 Å². The summed E-state index contributed by atoms with van der Waals surface area (Å²) in [4.78, 5) is 0. The van der Waals surface area contributed by atoms with E-state index in [0.29, 0.717) is 11.5 Å². The van der Waals surface area contributed by atoms with Crippen molar-refractivity contribution in [1.82, 2.24) is 5.32 Å². The fourth-order valence-electron chi connectivity index (χ4n) is 1.74. The van der Waals surface area contributed by atoms with Crippen molar-refractivity contribution >= 4 is 9.84 Å². The maximum absolute atomic E-state index is 10.9. The molecule has 0 radical (unpaired) electrons. The molecule has 82 valence electrons. The highest BCUT2D eigenvalue weighted by Crippen LogP contribution is 2.12. The van der Waals surface area contributed by atoms with E-state index in [1.165, 1.54) is 11.1 Å². The van der Waals surface area contributed by atoms with Crippen LogP contribution < -0.4 is 5.32 Å². The van der Waals surface area contributed by atoms with Gasteiger partial charge in [0.25, 0.3) is 0 Å². The third-order valence-corrected chi connectivity index (χ3v) is 4.57. The summed E-state index contributed by atoms with van der Waals surface area (Å²) in [6, 6.07) is 8.28. The first-order valence-corrected chi connectivity index (χ1v) is 6.87. The van der Waals surface area contributed by atoms with Gasteiger partial charge >= 0.3 is 0 Å². The first kappa shape index (κ1) is 10.6. The number of sulfone groups is 1. The highest BCUT2D eigenvalue weighted by molar-refractivity contribution is 7.92. The molecule has 1 saturated heterocycles. The molecule has 0 aromatic heterocycles. The van der Waals surface area contributed by atoms with Crippen molar-refractivity contribution < 1.29 is 8.42 Å². The van der Waals surface area contributed by atoms with Gasteiger partial charge in [-0.1, -0.05) is 24.3 Å². The van der Waals surface area contributed by atoms with Crippen LogP contribution >= 0.6 is 0 Å². The molecule has 2 rings (SSSR count). The number of aryl methyl sites for hydroxylation is 1. The number of hydrogen-bond donors (Lipinski definition) is 1. The summed E-state index contributed by atoms with van der Waals surface area (Å²) < 4.78 is 21.9. The molecule has 0 bridgehead atoms. The SMILES string of the molecule is Cc1ccccc1CNC1CS(=O)(=O)C1. The number of benzene rings is 1. The molecule has 0 atom stereocenters. The van der Waals surface area contributed by atoms with Crippen LogP contribution in [0.25, 0.3) is 0 Å². The molecule has 0 saturated carbocycles. The lowest BCUT2D eigenvalue weighted by Gasteiger charge is -2.27. The number of hydrogen-bond acceptors (Lipinski definition) is 3. The first-order valence-electron chi connectivity index (χ1n) is 5.05. The van der Waals surface area contributed by atoms with Crippen molar-refractivity contribution in [2.45, 2.75) is 19.5 Å². The summed E-state index contributed by atoms with van der Waals surface area (Å²) in [6.45, 7) is 2.82. The molecule has 1 aromatic carbocycles. The molecule has 0 amide bonds.